The van der Waals surface area contributed by atoms with Crippen LogP contribution in [0.25, 0.3) is 0 Å². The van der Waals surface area contributed by atoms with Crippen LogP contribution in [-0.4, -0.2) is 26.6 Å². The summed E-state index contributed by atoms with van der Waals surface area (Å²) in [6.07, 6.45) is 1.12. The third-order valence-corrected chi connectivity index (χ3v) is 6.25. The van der Waals surface area contributed by atoms with Crippen LogP contribution < -0.4 is 9.62 Å². The molecule has 152 valence electrons. The van der Waals surface area contributed by atoms with Gasteiger partial charge in [-0.1, -0.05) is 38.1 Å². The lowest BCUT2D eigenvalue weighted by atomic mass is 9.98. The standard InChI is InChI=1S/C22H30N2O3S/c1-14(2)20-10-8-9-16(4)21(20)23-22(25)18(6)24(28(7,26)27)19-12-11-15(3)17(5)13-19/h8-14,18H,1-7H3,(H,23,25)/t18-/m1/s1. The number of carbonyl (C=O) groups is 1. The largest absolute Gasteiger partial charge is 0.324 e. The number of sulfonamides is 1. The third kappa shape index (κ3) is 4.73. The van der Waals surface area contributed by atoms with Crippen molar-refractivity contribution < 1.29 is 13.2 Å². The van der Waals surface area contributed by atoms with Gasteiger partial charge >= 0.3 is 0 Å². The molecule has 1 atom stereocenters. The van der Waals surface area contributed by atoms with Crippen LogP contribution in [0, 0.1) is 20.8 Å². The number of para-hydroxylation sites is 1. The molecular weight excluding hydrogens is 372 g/mol. The van der Waals surface area contributed by atoms with Gasteiger partial charge in [-0.2, -0.15) is 0 Å². The lowest BCUT2D eigenvalue weighted by Crippen LogP contribution is -2.45. The molecule has 5 nitrogen and oxygen atoms in total. The molecule has 28 heavy (non-hydrogen) atoms. The van der Waals surface area contributed by atoms with Crippen LogP contribution in [0.2, 0.25) is 0 Å². The van der Waals surface area contributed by atoms with Gasteiger partial charge in [-0.25, -0.2) is 8.42 Å². The van der Waals surface area contributed by atoms with Crippen molar-refractivity contribution in [3.05, 3.63) is 58.7 Å². The molecule has 0 fully saturated rings. The van der Waals surface area contributed by atoms with E-state index in [4.69, 9.17) is 0 Å². The van der Waals surface area contributed by atoms with E-state index in [0.29, 0.717) is 5.69 Å². The van der Waals surface area contributed by atoms with Crippen LogP contribution in [0.3, 0.4) is 0 Å². The Kier molecular flexibility index (Phi) is 6.55. The van der Waals surface area contributed by atoms with Crippen molar-refractivity contribution in [3.8, 4) is 0 Å². The number of nitrogens with one attached hydrogen (secondary N) is 1. The van der Waals surface area contributed by atoms with Gasteiger partial charge in [-0.3, -0.25) is 9.10 Å². The zero-order valence-corrected chi connectivity index (χ0v) is 18.5. The van der Waals surface area contributed by atoms with E-state index in [1.807, 2.05) is 45.0 Å². The number of anilines is 2. The van der Waals surface area contributed by atoms with Crippen molar-refractivity contribution in [1.82, 2.24) is 0 Å². The average molecular weight is 403 g/mol. The minimum absolute atomic E-state index is 0.233. The molecule has 0 heterocycles. The summed E-state index contributed by atoms with van der Waals surface area (Å²) >= 11 is 0. The Morgan fingerprint density at radius 2 is 1.61 bits per heavy atom. The van der Waals surface area contributed by atoms with E-state index in [1.165, 1.54) is 4.31 Å². The maximum atomic E-state index is 13.0. The molecule has 2 aromatic rings. The fraction of sp³-hybridized carbons (Fsp3) is 0.409. The second-order valence-electron chi connectivity index (χ2n) is 7.69. The molecule has 0 radical (unpaired) electrons. The van der Waals surface area contributed by atoms with Gasteiger partial charge in [-0.05, 0) is 68.0 Å². The number of hydrogen-bond acceptors (Lipinski definition) is 3. The number of carbonyl (C=O) groups excluding carboxylic acids is 1. The zero-order chi connectivity index (χ0) is 21.2. The summed E-state index contributed by atoms with van der Waals surface area (Å²) < 4.78 is 26.2. The SMILES string of the molecule is Cc1ccc(N([C@H](C)C(=O)Nc2c(C)cccc2C(C)C)S(C)(=O)=O)cc1C. The monoisotopic (exact) mass is 402 g/mol. The first-order chi connectivity index (χ1) is 12.9. The van der Waals surface area contributed by atoms with Gasteiger partial charge in [-0.15, -0.1) is 0 Å². The van der Waals surface area contributed by atoms with Crippen LogP contribution in [0.4, 0.5) is 11.4 Å². The molecule has 2 aromatic carbocycles. The molecule has 0 unspecified atom stereocenters. The second kappa shape index (κ2) is 8.35. The Morgan fingerprint density at radius 3 is 2.14 bits per heavy atom. The van der Waals surface area contributed by atoms with Crippen LogP contribution in [0.5, 0.6) is 0 Å². The van der Waals surface area contributed by atoms with Gasteiger partial charge in [0.25, 0.3) is 0 Å². The minimum Gasteiger partial charge on any atom is -0.324 e. The van der Waals surface area contributed by atoms with E-state index in [1.54, 1.807) is 19.1 Å². The van der Waals surface area contributed by atoms with E-state index in [9.17, 15) is 13.2 Å². The molecule has 0 aliphatic carbocycles. The zero-order valence-electron chi connectivity index (χ0n) is 17.7. The first-order valence-electron chi connectivity index (χ1n) is 9.40. The highest BCUT2D eigenvalue weighted by Gasteiger charge is 2.30. The van der Waals surface area contributed by atoms with E-state index >= 15 is 0 Å². The van der Waals surface area contributed by atoms with Crippen LogP contribution in [-0.2, 0) is 14.8 Å². The fourth-order valence-corrected chi connectivity index (χ4v) is 4.41. The van der Waals surface area contributed by atoms with Crippen molar-refractivity contribution in [3.63, 3.8) is 0 Å². The van der Waals surface area contributed by atoms with Crippen LogP contribution in [0.1, 0.15) is 48.9 Å². The number of aryl methyl sites for hydroxylation is 3. The molecule has 0 aliphatic rings. The quantitative estimate of drug-likeness (QED) is 0.772. The molecule has 1 N–H and O–H groups in total. The van der Waals surface area contributed by atoms with Gasteiger partial charge in [0.15, 0.2) is 0 Å². The predicted molar refractivity (Wildman–Crippen MR) is 117 cm³/mol. The molecule has 0 spiro atoms. The average Bonchev–Trinajstić information content (AvgIpc) is 2.58. The smallest absolute Gasteiger partial charge is 0.248 e. The molecule has 2 rings (SSSR count). The lowest BCUT2D eigenvalue weighted by molar-refractivity contribution is -0.116. The molecule has 1 amide bonds. The van der Waals surface area contributed by atoms with Crippen LogP contribution in [0.15, 0.2) is 36.4 Å². The lowest BCUT2D eigenvalue weighted by Gasteiger charge is -2.29. The number of rotatable bonds is 6. The van der Waals surface area contributed by atoms with E-state index in [2.05, 4.69) is 19.2 Å². The van der Waals surface area contributed by atoms with Crippen molar-refractivity contribution in [2.45, 2.75) is 53.5 Å². The van der Waals surface area contributed by atoms with Gasteiger partial charge in [0, 0.05) is 5.69 Å². The Bertz CT molecular complexity index is 981. The Morgan fingerprint density at radius 1 is 0.964 bits per heavy atom. The molecule has 0 aliphatic heterocycles. The van der Waals surface area contributed by atoms with Crippen molar-refractivity contribution in [2.24, 2.45) is 0 Å². The molecule has 6 heteroatoms. The maximum absolute atomic E-state index is 13.0. The minimum atomic E-state index is -3.65. The fourth-order valence-electron chi connectivity index (χ4n) is 3.24. The van der Waals surface area contributed by atoms with Gasteiger partial charge in [0.05, 0.1) is 11.9 Å². The summed E-state index contributed by atoms with van der Waals surface area (Å²) in [6, 6.07) is 10.4. The summed E-state index contributed by atoms with van der Waals surface area (Å²) in [4.78, 5) is 13.0. The Balaban J connectivity index is 2.42. The molecule has 0 saturated heterocycles. The van der Waals surface area contributed by atoms with E-state index < -0.39 is 16.1 Å². The van der Waals surface area contributed by atoms with Crippen molar-refractivity contribution in [1.29, 1.82) is 0 Å². The highest BCUT2D eigenvalue weighted by Crippen LogP contribution is 2.29. The molecular formula is C22H30N2O3S. The molecule has 0 bridgehead atoms. The summed E-state index contributed by atoms with van der Waals surface area (Å²) in [5.74, 6) is -0.129. The van der Waals surface area contributed by atoms with Crippen molar-refractivity contribution in [2.75, 3.05) is 15.9 Å². The Labute approximate surface area is 168 Å². The normalized spacial score (nSPS) is 12.7. The van der Waals surface area contributed by atoms with E-state index in [-0.39, 0.29) is 11.8 Å². The third-order valence-electron chi connectivity index (χ3n) is 5.01. The number of amides is 1. The number of nitrogens with zero attached hydrogens (tertiary/aromatic N) is 1. The summed E-state index contributed by atoms with van der Waals surface area (Å²) in [5.41, 5.74) is 5.25. The molecule has 0 saturated carbocycles. The summed E-state index contributed by atoms with van der Waals surface area (Å²) in [5, 5.41) is 2.96. The second-order valence-corrected chi connectivity index (χ2v) is 9.55. The first-order valence-corrected chi connectivity index (χ1v) is 11.2. The maximum Gasteiger partial charge on any atom is 0.248 e. The van der Waals surface area contributed by atoms with Gasteiger partial charge in [0.2, 0.25) is 15.9 Å². The topological polar surface area (TPSA) is 66.5 Å². The Hall–Kier alpha value is -2.34. The van der Waals surface area contributed by atoms with Gasteiger partial charge < -0.3 is 5.32 Å². The van der Waals surface area contributed by atoms with Crippen molar-refractivity contribution >= 4 is 27.3 Å². The highest BCUT2D eigenvalue weighted by molar-refractivity contribution is 7.92. The number of hydrogen-bond donors (Lipinski definition) is 1. The van der Waals surface area contributed by atoms with E-state index in [0.717, 1.165) is 34.2 Å². The molecule has 0 aromatic heterocycles. The predicted octanol–water partition coefficient (Wildman–Crippen LogP) is 4.53. The first kappa shape index (κ1) is 22.0. The van der Waals surface area contributed by atoms with Crippen LogP contribution >= 0.6 is 0 Å². The summed E-state index contributed by atoms with van der Waals surface area (Å²) in [6.45, 7) is 11.6. The summed E-state index contributed by atoms with van der Waals surface area (Å²) in [7, 11) is -3.65. The number of benzene rings is 2. The highest BCUT2D eigenvalue weighted by atomic mass is 32.2. The van der Waals surface area contributed by atoms with Gasteiger partial charge in [0.1, 0.15) is 6.04 Å².